The molecule has 29 heavy (non-hydrogen) atoms. The standard InChI is InChI=1S/C25H20N2O2/c28-25-22(21-11-4-6-12-23(21)26-25)16-18-17-27(24-13-7-5-10-20(18)24)14-15-29-19-8-2-1-3-9-19/h1-13,16-17H,14-15H2,(H,26,28). The number of hydrogen-bond acceptors (Lipinski definition) is 2. The van der Waals surface area contributed by atoms with Crippen LogP contribution in [-0.4, -0.2) is 17.1 Å². The fourth-order valence-electron chi connectivity index (χ4n) is 3.79. The van der Waals surface area contributed by atoms with E-state index in [-0.39, 0.29) is 5.91 Å². The molecule has 1 amide bonds. The molecular formula is C25H20N2O2. The van der Waals surface area contributed by atoms with Gasteiger partial charge in [0.1, 0.15) is 12.4 Å². The second-order valence-electron chi connectivity index (χ2n) is 7.01. The summed E-state index contributed by atoms with van der Waals surface area (Å²) in [7, 11) is 0. The van der Waals surface area contributed by atoms with Crippen molar-refractivity contribution in [3.8, 4) is 5.75 Å². The molecule has 0 atom stereocenters. The highest BCUT2D eigenvalue weighted by molar-refractivity contribution is 6.35. The van der Waals surface area contributed by atoms with Gasteiger partial charge in [0.25, 0.3) is 5.91 Å². The van der Waals surface area contributed by atoms with E-state index in [1.807, 2.05) is 72.8 Å². The predicted molar refractivity (Wildman–Crippen MR) is 117 cm³/mol. The van der Waals surface area contributed by atoms with Gasteiger partial charge in [-0.1, -0.05) is 54.6 Å². The molecule has 2 heterocycles. The van der Waals surface area contributed by atoms with Gasteiger partial charge in [-0.2, -0.15) is 0 Å². The molecule has 4 aromatic rings. The third-order valence-corrected chi connectivity index (χ3v) is 5.17. The van der Waals surface area contributed by atoms with Gasteiger partial charge in [0.15, 0.2) is 0 Å². The molecule has 5 rings (SSSR count). The van der Waals surface area contributed by atoms with Crippen LogP contribution in [-0.2, 0) is 11.3 Å². The number of fused-ring (bicyclic) bond motifs is 2. The molecule has 0 radical (unpaired) electrons. The number of rotatable bonds is 5. The Morgan fingerprint density at radius 3 is 2.55 bits per heavy atom. The summed E-state index contributed by atoms with van der Waals surface area (Å²) >= 11 is 0. The molecule has 0 fully saturated rings. The Balaban J connectivity index is 1.47. The first-order valence-corrected chi connectivity index (χ1v) is 9.68. The summed E-state index contributed by atoms with van der Waals surface area (Å²) in [4.78, 5) is 12.5. The smallest absolute Gasteiger partial charge is 0.256 e. The predicted octanol–water partition coefficient (Wildman–Crippen LogP) is 5.21. The number of para-hydroxylation sites is 3. The number of hydrogen-bond donors (Lipinski definition) is 1. The maximum Gasteiger partial charge on any atom is 0.256 e. The zero-order valence-corrected chi connectivity index (χ0v) is 15.8. The highest BCUT2D eigenvalue weighted by Gasteiger charge is 2.23. The van der Waals surface area contributed by atoms with Crippen LogP contribution >= 0.6 is 0 Å². The van der Waals surface area contributed by atoms with Crippen molar-refractivity contribution in [1.82, 2.24) is 4.57 Å². The number of aromatic nitrogens is 1. The van der Waals surface area contributed by atoms with Crippen LogP contribution in [0, 0.1) is 0 Å². The van der Waals surface area contributed by atoms with Crippen LogP contribution in [0.5, 0.6) is 5.75 Å². The third-order valence-electron chi connectivity index (χ3n) is 5.17. The number of nitrogens with one attached hydrogen (secondary N) is 1. The van der Waals surface area contributed by atoms with Crippen molar-refractivity contribution < 1.29 is 9.53 Å². The normalized spacial score (nSPS) is 14.2. The minimum absolute atomic E-state index is 0.0598. The monoisotopic (exact) mass is 380 g/mol. The largest absolute Gasteiger partial charge is 0.492 e. The molecule has 0 saturated heterocycles. The van der Waals surface area contributed by atoms with E-state index in [2.05, 4.69) is 28.2 Å². The minimum atomic E-state index is -0.0598. The number of nitrogens with zero attached hydrogens (tertiary/aromatic N) is 1. The molecule has 4 nitrogen and oxygen atoms in total. The van der Waals surface area contributed by atoms with Gasteiger partial charge in [-0.3, -0.25) is 4.79 Å². The number of ether oxygens (including phenoxy) is 1. The average molecular weight is 380 g/mol. The fraction of sp³-hybridized carbons (Fsp3) is 0.0800. The average Bonchev–Trinajstić information content (AvgIpc) is 3.27. The second kappa shape index (κ2) is 7.32. The topological polar surface area (TPSA) is 43.3 Å². The molecule has 0 aliphatic carbocycles. The van der Waals surface area contributed by atoms with Crippen molar-refractivity contribution in [3.63, 3.8) is 0 Å². The Labute approximate surface area is 169 Å². The van der Waals surface area contributed by atoms with E-state index >= 15 is 0 Å². The molecule has 142 valence electrons. The molecule has 1 aliphatic heterocycles. The van der Waals surface area contributed by atoms with E-state index < -0.39 is 0 Å². The highest BCUT2D eigenvalue weighted by Crippen LogP contribution is 2.34. The van der Waals surface area contributed by atoms with Crippen LogP contribution in [0.2, 0.25) is 0 Å². The lowest BCUT2D eigenvalue weighted by atomic mass is 10.0. The Hall–Kier alpha value is -3.79. The zero-order chi connectivity index (χ0) is 19.6. The van der Waals surface area contributed by atoms with Gasteiger partial charge in [-0.25, -0.2) is 0 Å². The highest BCUT2D eigenvalue weighted by atomic mass is 16.5. The molecular weight excluding hydrogens is 360 g/mol. The molecule has 1 N–H and O–H groups in total. The van der Waals surface area contributed by atoms with Gasteiger partial charge in [-0.05, 0) is 30.3 Å². The maximum atomic E-state index is 12.5. The van der Waals surface area contributed by atoms with Crippen molar-refractivity contribution in [2.24, 2.45) is 0 Å². The van der Waals surface area contributed by atoms with Crippen LogP contribution in [0.25, 0.3) is 22.6 Å². The number of amides is 1. The van der Waals surface area contributed by atoms with Gasteiger partial charge in [0.05, 0.1) is 6.54 Å². The number of anilines is 1. The summed E-state index contributed by atoms with van der Waals surface area (Å²) < 4.78 is 8.05. The SMILES string of the molecule is O=C1Nc2ccccc2C1=Cc1cn(CCOc2ccccc2)c2ccccc12. The van der Waals surface area contributed by atoms with Crippen LogP contribution in [0.15, 0.2) is 85.1 Å². The molecule has 1 aliphatic rings. The first-order valence-electron chi connectivity index (χ1n) is 9.68. The zero-order valence-electron chi connectivity index (χ0n) is 15.8. The lowest BCUT2D eigenvalue weighted by molar-refractivity contribution is -0.110. The Kier molecular flexibility index (Phi) is 4.37. The lowest BCUT2D eigenvalue weighted by Crippen LogP contribution is -2.07. The third kappa shape index (κ3) is 3.29. The summed E-state index contributed by atoms with van der Waals surface area (Å²) in [6.07, 6.45) is 4.08. The van der Waals surface area contributed by atoms with Crippen molar-refractivity contribution in [1.29, 1.82) is 0 Å². The molecule has 0 spiro atoms. The lowest BCUT2D eigenvalue weighted by Gasteiger charge is -2.08. The Morgan fingerprint density at radius 2 is 1.66 bits per heavy atom. The summed E-state index contributed by atoms with van der Waals surface area (Å²) in [6.45, 7) is 1.30. The van der Waals surface area contributed by atoms with E-state index in [1.54, 1.807) is 0 Å². The fourth-order valence-corrected chi connectivity index (χ4v) is 3.79. The number of carbonyl (C=O) groups is 1. The molecule has 0 bridgehead atoms. The Bertz CT molecular complexity index is 1220. The van der Waals surface area contributed by atoms with Crippen LogP contribution in [0.3, 0.4) is 0 Å². The molecule has 4 heteroatoms. The molecule has 1 aromatic heterocycles. The van der Waals surface area contributed by atoms with Crippen LogP contribution in [0.1, 0.15) is 11.1 Å². The van der Waals surface area contributed by atoms with E-state index in [0.717, 1.165) is 40.0 Å². The van der Waals surface area contributed by atoms with E-state index in [9.17, 15) is 4.79 Å². The summed E-state index contributed by atoms with van der Waals surface area (Å²) in [5, 5.41) is 4.06. The molecule has 0 unspecified atom stereocenters. The van der Waals surface area contributed by atoms with E-state index in [1.165, 1.54) is 0 Å². The molecule has 0 saturated carbocycles. The van der Waals surface area contributed by atoms with Gasteiger partial charge in [0, 0.05) is 39.5 Å². The van der Waals surface area contributed by atoms with E-state index in [0.29, 0.717) is 12.2 Å². The van der Waals surface area contributed by atoms with Gasteiger partial charge < -0.3 is 14.6 Å². The Morgan fingerprint density at radius 1 is 0.897 bits per heavy atom. The van der Waals surface area contributed by atoms with Crippen LogP contribution in [0.4, 0.5) is 5.69 Å². The number of carbonyl (C=O) groups excluding carboxylic acids is 1. The molecule has 3 aromatic carbocycles. The quantitative estimate of drug-likeness (QED) is 0.483. The maximum absolute atomic E-state index is 12.5. The first kappa shape index (κ1) is 17.3. The van der Waals surface area contributed by atoms with Gasteiger partial charge in [-0.15, -0.1) is 0 Å². The van der Waals surface area contributed by atoms with Gasteiger partial charge >= 0.3 is 0 Å². The van der Waals surface area contributed by atoms with E-state index in [4.69, 9.17) is 4.74 Å². The summed E-state index contributed by atoms with van der Waals surface area (Å²) in [6, 6.07) is 25.9. The summed E-state index contributed by atoms with van der Waals surface area (Å²) in [5.41, 5.74) is 4.67. The first-order chi connectivity index (χ1) is 14.3. The van der Waals surface area contributed by atoms with Crippen molar-refractivity contribution in [3.05, 3.63) is 96.2 Å². The van der Waals surface area contributed by atoms with Crippen molar-refractivity contribution in [2.75, 3.05) is 11.9 Å². The van der Waals surface area contributed by atoms with Gasteiger partial charge in [0.2, 0.25) is 0 Å². The number of benzene rings is 3. The van der Waals surface area contributed by atoms with Crippen LogP contribution < -0.4 is 10.1 Å². The van der Waals surface area contributed by atoms with Crippen molar-refractivity contribution in [2.45, 2.75) is 6.54 Å². The summed E-state index contributed by atoms with van der Waals surface area (Å²) in [5.74, 6) is 0.806. The second-order valence-corrected chi connectivity index (χ2v) is 7.01. The van der Waals surface area contributed by atoms with Crippen molar-refractivity contribution >= 4 is 34.1 Å². The minimum Gasteiger partial charge on any atom is -0.492 e.